The van der Waals surface area contributed by atoms with Crippen molar-refractivity contribution in [3.8, 4) is 0 Å². The summed E-state index contributed by atoms with van der Waals surface area (Å²) in [7, 11) is 1.31. The summed E-state index contributed by atoms with van der Waals surface area (Å²) in [5.74, 6) is 1.73. The molecule has 2 rings (SSSR count). The zero-order valence-corrected chi connectivity index (χ0v) is 16.2. The van der Waals surface area contributed by atoms with Gasteiger partial charge in [-0.05, 0) is 31.6 Å². The molecule has 0 saturated carbocycles. The molecule has 0 heterocycles. The molecule has 6 heteroatoms. The van der Waals surface area contributed by atoms with Crippen molar-refractivity contribution < 1.29 is 19.4 Å². The normalized spacial score (nSPS) is 11.2. The molecule has 2 aromatic carbocycles. The molecule has 0 radical (unpaired) electrons. The second-order valence-corrected chi connectivity index (χ2v) is 6.00. The fourth-order valence-electron chi connectivity index (χ4n) is 2.65. The van der Waals surface area contributed by atoms with Crippen LogP contribution in [0.3, 0.4) is 0 Å². The molecule has 1 amide bonds. The number of ether oxygens (including phenoxy) is 1. The molecule has 0 saturated heterocycles. The molecule has 0 aliphatic rings. The molecule has 0 aliphatic heterocycles. The van der Waals surface area contributed by atoms with Crippen molar-refractivity contribution in [3.05, 3.63) is 83.8 Å². The Morgan fingerprint density at radius 2 is 1.93 bits per heavy atom. The number of nitrogens with zero attached hydrogens (tertiary/aromatic N) is 3. The smallest absolute Gasteiger partial charge is 0.441 e. The zero-order chi connectivity index (χ0) is 20.4. The van der Waals surface area contributed by atoms with Crippen molar-refractivity contribution in [2.45, 2.75) is 26.4 Å². The average molecular weight is 378 g/mol. The molecule has 28 heavy (non-hydrogen) atoms. The first-order valence-electron chi connectivity index (χ1n) is 8.89. The number of amides is 1. The Morgan fingerprint density at radius 3 is 2.61 bits per heavy atom. The quantitative estimate of drug-likeness (QED) is 0.256. The van der Waals surface area contributed by atoms with E-state index in [4.69, 9.17) is 0 Å². The highest BCUT2D eigenvalue weighted by atomic mass is 16.6. The summed E-state index contributed by atoms with van der Waals surface area (Å²) in [4.78, 5) is 18.2. The molecule has 0 unspecified atom stereocenters. The fourth-order valence-corrected chi connectivity index (χ4v) is 2.65. The van der Waals surface area contributed by atoms with E-state index in [1.165, 1.54) is 7.11 Å². The highest BCUT2D eigenvalue weighted by Crippen LogP contribution is 2.26. The molecule has 6 nitrogen and oxygen atoms in total. The Bertz CT molecular complexity index is 925. The van der Waals surface area contributed by atoms with Crippen molar-refractivity contribution in [1.29, 1.82) is 0 Å². The lowest BCUT2D eigenvalue weighted by Crippen LogP contribution is -2.31. The molecule has 0 spiro atoms. The maximum Gasteiger partial charge on any atom is 0.441 e. The van der Waals surface area contributed by atoms with Crippen LogP contribution in [0.1, 0.15) is 31.0 Å². The number of benzene rings is 2. The topological polar surface area (TPSA) is 76.2 Å². The van der Waals surface area contributed by atoms with E-state index in [2.05, 4.69) is 20.5 Å². The van der Waals surface area contributed by atoms with Crippen LogP contribution in [0.4, 0.5) is 5.69 Å². The van der Waals surface area contributed by atoms with Crippen molar-refractivity contribution in [3.63, 3.8) is 0 Å². The van der Waals surface area contributed by atoms with E-state index in [9.17, 15) is 9.90 Å². The second kappa shape index (κ2) is 10.5. The third-order valence-corrected chi connectivity index (χ3v) is 4.17. The molecule has 0 bridgehead atoms. The minimum absolute atomic E-state index is 0.0888. The average Bonchev–Trinajstić information content (AvgIpc) is 2.73. The van der Waals surface area contributed by atoms with Crippen LogP contribution in [0.15, 0.2) is 77.8 Å². The summed E-state index contributed by atoms with van der Waals surface area (Å²) >= 11 is 0. The summed E-state index contributed by atoms with van der Waals surface area (Å²) in [6.45, 7) is 4.16. The molecule has 1 atom stereocenters. The van der Waals surface area contributed by atoms with E-state index in [-0.39, 0.29) is 11.9 Å². The Kier molecular flexibility index (Phi) is 7.79. The highest BCUT2D eigenvalue weighted by molar-refractivity contribution is 5.88. The molecule has 0 aliphatic carbocycles. The van der Waals surface area contributed by atoms with Gasteiger partial charge in [0.1, 0.15) is 9.90 Å². The number of hydrogen-bond donors (Lipinski definition) is 1. The van der Waals surface area contributed by atoms with Crippen molar-refractivity contribution in [2.24, 2.45) is 5.11 Å². The minimum atomic E-state index is -0.455. The summed E-state index contributed by atoms with van der Waals surface area (Å²) in [5.41, 5.74) is 2.45. The second-order valence-electron chi connectivity index (χ2n) is 6.00. The van der Waals surface area contributed by atoms with Crippen LogP contribution in [-0.4, -0.2) is 33.7 Å². The molecule has 0 aromatic heterocycles. The maximum absolute atomic E-state index is 12.7. The van der Waals surface area contributed by atoms with E-state index < -0.39 is 5.95 Å². The van der Waals surface area contributed by atoms with Crippen LogP contribution in [-0.2, 0) is 16.1 Å². The van der Waals surface area contributed by atoms with Gasteiger partial charge >= 0.3 is 11.8 Å². The van der Waals surface area contributed by atoms with Gasteiger partial charge in [0.2, 0.25) is 5.91 Å². The summed E-state index contributed by atoms with van der Waals surface area (Å²) in [6, 6.07) is 17.1. The van der Waals surface area contributed by atoms with E-state index in [0.29, 0.717) is 12.2 Å². The van der Waals surface area contributed by atoms with Gasteiger partial charge in [0.25, 0.3) is 0 Å². The summed E-state index contributed by atoms with van der Waals surface area (Å²) in [5, 5.41) is 13.3. The van der Waals surface area contributed by atoms with Gasteiger partial charge in [-0.1, -0.05) is 54.6 Å². The predicted molar refractivity (Wildman–Crippen MR) is 107 cm³/mol. The predicted octanol–water partition coefficient (Wildman–Crippen LogP) is 4.36. The first-order chi connectivity index (χ1) is 13.6. The first kappa shape index (κ1) is 20.7. The van der Waals surface area contributed by atoms with E-state index in [1.54, 1.807) is 23.1 Å². The highest BCUT2D eigenvalue weighted by Gasteiger charge is 2.21. The Hall–Kier alpha value is -3.59. The van der Waals surface area contributed by atoms with E-state index in [0.717, 1.165) is 11.1 Å². The lowest BCUT2D eigenvalue weighted by molar-refractivity contribution is -0.128. The van der Waals surface area contributed by atoms with E-state index >= 15 is 0 Å². The van der Waals surface area contributed by atoms with Gasteiger partial charge in [-0.25, -0.2) is 0 Å². The molecule has 1 N–H and O–H groups in total. The van der Waals surface area contributed by atoms with Gasteiger partial charge in [-0.2, -0.15) is 0 Å². The van der Waals surface area contributed by atoms with Crippen LogP contribution in [0.5, 0.6) is 0 Å². The standard InChI is InChI=1S/C22H23N3O3/c1-4-10-21(26)25(17(2)18-11-6-5-7-12-18)16-19-13-8-9-14-20(19)24-23-15-22(27)28-3/h4-14,17H,16H2,1-3H3/p+1/b10-4+/t17-/m0/s1. The lowest BCUT2D eigenvalue weighted by Gasteiger charge is -2.29. The summed E-state index contributed by atoms with van der Waals surface area (Å²) < 4.78 is 4.57. The third-order valence-electron chi connectivity index (χ3n) is 4.17. The van der Waals surface area contributed by atoms with Gasteiger partial charge in [0.15, 0.2) is 5.69 Å². The fraction of sp³-hybridized carbons (Fsp3) is 0.227. The number of aliphatic hydroxyl groups is 1. The molecule has 144 valence electrons. The Labute approximate surface area is 164 Å². The van der Waals surface area contributed by atoms with Crippen LogP contribution >= 0.6 is 0 Å². The van der Waals surface area contributed by atoms with Gasteiger partial charge in [-0.15, -0.1) is 0 Å². The van der Waals surface area contributed by atoms with Crippen LogP contribution in [0.2, 0.25) is 0 Å². The number of hydrogen-bond acceptors (Lipinski definition) is 4. The van der Waals surface area contributed by atoms with Crippen LogP contribution < -0.4 is 0 Å². The molecule has 0 fully saturated rings. The van der Waals surface area contributed by atoms with Crippen molar-refractivity contribution in [1.82, 2.24) is 4.90 Å². The largest absolute Gasteiger partial charge is 0.470 e. The van der Waals surface area contributed by atoms with Gasteiger partial charge < -0.3 is 14.7 Å². The molecular formula is C22H24N3O3+. The first-order valence-corrected chi connectivity index (χ1v) is 8.89. The number of carbonyl (C=O) groups is 1. The Balaban J connectivity index is 2.40. The monoisotopic (exact) mass is 378 g/mol. The van der Waals surface area contributed by atoms with Gasteiger partial charge in [-0.3, -0.25) is 4.79 Å². The van der Waals surface area contributed by atoms with Crippen LogP contribution in [0.25, 0.3) is 0 Å². The molecule has 2 aromatic rings. The van der Waals surface area contributed by atoms with Gasteiger partial charge in [0, 0.05) is 12.1 Å². The summed E-state index contributed by atoms with van der Waals surface area (Å²) in [6.07, 6.45) is 3.28. The number of aliphatic hydroxyl groups excluding tert-OH is 1. The van der Waals surface area contributed by atoms with Gasteiger partial charge in [0.05, 0.1) is 13.2 Å². The minimum Gasteiger partial charge on any atom is -0.470 e. The van der Waals surface area contributed by atoms with Crippen molar-refractivity contribution in [2.75, 3.05) is 7.11 Å². The maximum atomic E-state index is 12.7. The number of carbonyl (C=O) groups excluding carboxylic acids is 1. The number of allylic oxidation sites excluding steroid dienone is 1. The van der Waals surface area contributed by atoms with Crippen LogP contribution in [0, 0.1) is 0 Å². The Morgan fingerprint density at radius 1 is 1.25 bits per heavy atom. The lowest BCUT2D eigenvalue weighted by atomic mass is 10.1. The molecular weight excluding hydrogens is 354 g/mol. The van der Waals surface area contributed by atoms with Crippen molar-refractivity contribution >= 4 is 17.5 Å². The SMILES string of the molecule is C/C=C/C(=O)N(Cc1ccccc1N=[N+]=C=C(O)OC)[C@@H](C)c1ccccc1. The number of rotatable bonds is 7. The number of methoxy groups -OCH3 is 1. The third kappa shape index (κ3) is 5.71. The zero-order valence-electron chi connectivity index (χ0n) is 16.2. The van der Waals surface area contributed by atoms with E-state index in [1.807, 2.05) is 62.4 Å².